The molecule has 0 saturated heterocycles. The molecule has 0 fully saturated rings. The maximum atomic E-state index is 6.05. The standard InChI is InChI=1S/C11H13ClN2S/c1-7-14-10-6-9(12)5-8(3-2-4-13)11(10)15-7/h5-6H,2-4,13H2,1H3. The molecule has 4 heteroatoms. The van der Waals surface area contributed by atoms with Gasteiger partial charge in [-0.05, 0) is 44.0 Å². The molecule has 1 aromatic carbocycles. The third-order valence-corrected chi connectivity index (χ3v) is 3.57. The first-order chi connectivity index (χ1) is 7.20. The van der Waals surface area contributed by atoms with Gasteiger partial charge < -0.3 is 5.73 Å². The Hall–Kier alpha value is -0.640. The number of thiazole rings is 1. The van der Waals surface area contributed by atoms with E-state index in [0.717, 1.165) is 28.4 Å². The van der Waals surface area contributed by atoms with E-state index < -0.39 is 0 Å². The Morgan fingerprint density at radius 2 is 2.27 bits per heavy atom. The van der Waals surface area contributed by atoms with Crippen LogP contribution in [0.2, 0.25) is 5.02 Å². The third-order valence-electron chi connectivity index (χ3n) is 2.29. The van der Waals surface area contributed by atoms with Crippen LogP contribution >= 0.6 is 22.9 Å². The SMILES string of the molecule is Cc1nc2cc(Cl)cc(CCCN)c2s1. The van der Waals surface area contributed by atoms with Gasteiger partial charge in [-0.25, -0.2) is 4.98 Å². The number of benzene rings is 1. The van der Waals surface area contributed by atoms with Gasteiger partial charge in [-0.15, -0.1) is 11.3 Å². The van der Waals surface area contributed by atoms with Gasteiger partial charge >= 0.3 is 0 Å². The molecule has 0 aliphatic carbocycles. The summed E-state index contributed by atoms with van der Waals surface area (Å²) in [6.07, 6.45) is 1.97. The number of halogens is 1. The van der Waals surface area contributed by atoms with Crippen molar-refractivity contribution in [2.45, 2.75) is 19.8 Å². The van der Waals surface area contributed by atoms with Gasteiger partial charge in [-0.1, -0.05) is 11.6 Å². The minimum Gasteiger partial charge on any atom is -0.330 e. The van der Waals surface area contributed by atoms with Crippen LogP contribution in [0.25, 0.3) is 10.2 Å². The van der Waals surface area contributed by atoms with Crippen LogP contribution in [0, 0.1) is 6.92 Å². The van der Waals surface area contributed by atoms with E-state index in [1.807, 2.05) is 19.1 Å². The highest BCUT2D eigenvalue weighted by Crippen LogP contribution is 2.29. The van der Waals surface area contributed by atoms with Crippen molar-refractivity contribution in [2.75, 3.05) is 6.54 Å². The smallest absolute Gasteiger partial charge is 0.0907 e. The van der Waals surface area contributed by atoms with E-state index in [-0.39, 0.29) is 0 Å². The van der Waals surface area contributed by atoms with Crippen molar-refractivity contribution < 1.29 is 0 Å². The van der Waals surface area contributed by atoms with Crippen LogP contribution in [0.3, 0.4) is 0 Å². The van der Waals surface area contributed by atoms with E-state index in [0.29, 0.717) is 6.54 Å². The van der Waals surface area contributed by atoms with Gasteiger partial charge in [0.25, 0.3) is 0 Å². The average Bonchev–Trinajstić information content (AvgIpc) is 2.54. The highest BCUT2D eigenvalue weighted by atomic mass is 35.5. The largest absolute Gasteiger partial charge is 0.330 e. The quantitative estimate of drug-likeness (QED) is 0.895. The molecule has 2 aromatic rings. The summed E-state index contributed by atoms with van der Waals surface area (Å²) in [6.45, 7) is 2.73. The maximum Gasteiger partial charge on any atom is 0.0907 e. The lowest BCUT2D eigenvalue weighted by molar-refractivity contribution is 0.838. The first-order valence-electron chi connectivity index (χ1n) is 4.96. The lowest BCUT2D eigenvalue weighted by Gasteiger charge is -2.02. The molecular weight excluding hydrogens is 228 g/mol. The van der Waals surface area contributed by atoms with Gasteiger partial charge in [-0.2, -0.15) is 0 Å². The van der Waals surface area contributed by atoms with E-state index in [2.05, 4.69) is 4.98 Å². The molecule has 1 aromatic heterocycles. The number of hydrogen-bond acceptors (Lipinski definition) is 3. The van der Waals surface area contributed by atoms with Crippen molar-refractivity contribution in [1.29, 1.82) is 0 Å². The topological polar surface area (TPSA) is 38.9 Å². The molecule has 80 valence electrons. The zero-order valence-electron chi connectivity index (χ0n) is 8.59. The molecule has 0 saturated carbocycles. The molecule has 2 nitrogen and oxygen atoms in total. The molecule has 2 N–H and O–H groups in total. The second kappa shape index (κ2) is 4.47. The summed E-state index contributed by atoms with van der Waals surface area (Å²) in [6, 6.07) is 3.95. The van der Waals surface area contributed by atoms with Gasteiger partial charge in [-0.3, -0.25) is 0 Å². The maximum absolute atomic E-state index is 6.05. The fourth-order valence-corrected chi connectivity index (χ4v) is 2.83. The van der Waals surface area contributed by atoms with Crippen molar-refractivity contribution in [3.8, 4) is 0 Å². The molecule has 0 radical (unpaired) electrons. The van der Waals surface area contributed by atoms with Crippen molar-refractivity contribution in [3.05, 3.63) is 27.7 Å². The predicted octanol–water partition coefficient (Wildman–Crippen LogP) is 3.15. The number of nitrogens with zero attached hydrogens (tertiary/aromatic N) is 1. The fraction of sp³-hybridized carbons (Fsp3) is 0.364. The van der Waals surface area contributed by atoms with Crippen LogP contribution < -0.4 is 5.73 Å². The van der Waals surface area contributed by atoms with Gasteiger partial charge in [0.05, 0.1) is 15.2 Å². The summed E-state index contributed by atoms with van der Waals surface area (Å²) < 4.78 is 1.25. The first kappa shape index (κ1) is 10.9. The van der Waals surface area contributed by atoms with Gasteiger partial charge in [0.15, 0.2) is 0 Å². The molecule has 0 amide bonds. The molecule has 15 heavy (non-hydrogen) atoms. The van der Waals surface area contributed by atoms with Crippen molar-refractivity contribution in [2.24, 2.45) is 5.73 Å². The van der Waals surface area contributed by atoms with Gasteiger partial charge in [0.1, 0.15) is 0 Å². The molecule has 0 atom stereocenters. The van der Waals surface area contributed by atoms with Crippen LogP contribution in [0.4, 0.5) is 0 Å². The van der Waals surface area contributed by atoms with Crippen molar-refractivity contribution >= 4 is 33.2 Å². The Balaban J connectivity index is 2.50. The minimum atomic E-state index is 0.714. The summed E-state index contributed by atoms with van der Waals surface area (Å²) >= 11 is 7.77. The van der Waals surface area contributed by atoms with E-state index in [1.54, 1.807) is 11.3 Å². The lowest BCUT2D eigenvalue weighted by atomic mass is 10.1. The molecule has 0 spiro atoms. The Morgan fingerprint density at radius 3 is 3.00 bits per heavy atom. The highest BCUT2D eigenvalue weighted by molar-refractivity contribution is 7.18. The molecule has 0 unspecified atom stereocenters. The number of rotatable bonds is 3. The van der Waals surface area contributed by atoms with Gasteiger partial charge in [0.2, 0.25) is 0 Å². The zero-order valence-corrected chi connectivity index (χ0v) is 10.2. The Labute approximate surface area is 98.1 Å². The Morgan fingerprint density at radius 1 is 1.47 bits per heavy atom. The number of hydrogen-bond donors (Lipinski definition) is 1. The Kier molecular flexibility index (Phi) is 3.24. The predicted molar refractivity (Wildman–Crippen MR) is 66.7 cm³/mol. The summed E-state index contributed by atoms with van der Waals surface area (Å²) in [5.74, 6) is 0. The molecular formula is C11H13ClN2S. The van der Waals surface area contributed by atoms with E-state index in [1.165, 1.54) is 10.3 Å². The molecule has 2 rings (SSSR count). The zero-order chi connectivity index (χ0) is 10.8. The number of aromatic nitrogens is 1. The van der Waals surface area contributed by atoms with Crippen LogP contribution in [0.5, 0.6) is 0 Å². The van der Waals surface area contributed by atoms with E-state index in [9.17, 15) is 0 Å². The van der Waals surface area contributed by atoms with Crippen molar-refractivity contribution in [3.63, 3.8) is 0 Å². The number of nitrogens with two attached hydrogens (primary N) is 1. The normalized spacial score (nSPS) is 11.1. The van der Waals surface area contributed by atoms with Crippen LogP contribution in [0.15, 0.2) is 12.1 Å². The number of fused-ring (bicyclic) bond motifs is 1. The van der Waals surface area contributed by atoms with E-state index in [4.69, 9.17) is 17.3 Å². The summed E-state index contributed by atoms with van der Waals surface area (Å²) in [5, 5.41) is 1.85. The summed E-state index contributed by atoms with van der Waals surface area (Å²) in [4.78, 5) is 4.45. The molecule has 0 aliphatic rings. The average molecular weight is 241 g/mol. The third kappa shape index (κ3) is 2.30. The van der Waals surface area contributed by atoms with Crippen LogP contribution in [0.1, 0.15) is 17.0 Å². The van der Waals surface area contributed by atoms with Crippen LogP contribution in [-0.4, -0.2) is 11.5 Å². The lowest BCUT2D eigenvalue weighted by Crippen LogP contribution is -2.00. The van der Waals surface area contributed by atoms with Gasteiger partial charge in [0, 0.05) is 5.02 Å². The van der Waals surface area contributed by atoms with Crippen molar-refractivity contribution in [1.82, 2.24) is 4.98 Å². The second-order valence-electron chi connectivity index (χ2n) is 3.54. The number of aryl methyl sites for hydroxylation is 2. The Bertz CT molecular complexity index is 479. The molecule has 0 aliphatic heterocycles. The summed E-state index contributed by atoms with van der Waals surface area (Å²) in [5.41, 5.74) is 7.80. The van der Waals surface area contributed by atoms with Crippen LogP contribution in [-0.2, 0) is 6.42 Å². The first-order valence-corrected chi connectivity index (χ1v) is 6.16. The fourth-order valence-electron chi connectivity index (χ4n) is 1.65. The molecule has 0 bridgehead atoms. The summed E-state index contributed by atoms with van der Waals surface area (Å²) in [7, 11) is 0. The monoisotopic (exact) mass is 240 g/mol. The minimum absolute atomic E-state index is 0.714. The highest BCUT2D eigenvalue weighted by Gasteiger charge is 2.07. The molecule has 1 heterocycles. The second-order valence-corrected chi connectivity index (χ2v) is 5.18. The van der Waals surface area contributed by atoms with E-state index >= 15 is 0 Å².